The minimum absolute atomic E-state index is 0.130. The average molecular weight is 391 g/mol. The Kier molecular flexibility index (Phi) is 6.11. The van der Waals surface area contributed by atoms with Crippen LogP contribution < -0.4 is 9.47 Å². The molecular formula is C21H20ClFO4. The zero-order valence-electron chi connectivity index (χ0n) is 14.9. The normalized spacial score (nSPS) is 19.4. The first kappa shape index (κ1) is 19.4. The van der Waals surface area contributed by atoms with E-state index in [2.05, 4.69) is 6.92 Å². The number of hydrogen-bond donors (Lipinski definition) is 0. The summed E-state index contributed by atoms with van der Waals surface area (Å²) in [5, 5.41) is -0.401. The minimum Gasteiger partial charge on any atom is -0.423 e. The van der Waals surface area contributed by atoms with Gasteiger partial charge in [0.25, 0.3) is 0 Å². The van der Waals surface area contributed by atoms with Crippen molar-refractivity contribution in [3.63, 3.8) is 0 Å². The standard InChI is InChI=1S/C21H20ClFO4/c1-13-7-9-15(10-8-13)21(25)27-17-12-11-16(18(22)19(17)23)26-20(24)14-5-3-2-4-6-14/h2-6,11-13,15H,7-10H2,1H3. The molecule has 0 aromatic heterocycles. The number of benzene rings is 2. The third kappa shape index (κ3) is 4.66. The Morgan fingerprint density at radius 3 is 2.26 bits per heavy atom. The third-order valence-corrected chi connectivity index (χ3v) is 5.14. The largest absolute Gasteiger partial charge is 0.423 e. The summed E-state index contributed by atoms with van der Waals surface area (Å²) < 4.78 is 24.9. The Hall–Kier alpha value is -2.40. The van der Waals surface area contributed by atoms with Crippen molar-refractivity contribution in [2.24, 2.45) is 11.8 Å². The summed E-state index contributed by atoms with van der Waals surface area (Å²) in [6.45, 7) is 2.15. The molecule has 1 aliphatic carbocycles. The topological polar surface area (TPSA) is 52.6 Å². The molecule has 142 valence electrons. The molecule has 0 saturated heterocycles. The highest BCUT2D eigenvalue weighted by Gasteiger charge is 2.27. The highest BCUT2D eigenvalue weighted by atomic mass is 35.5. The molecule has 0 amide bonds. The number of esters is 2. The van der Waals surface area contributed by atoms with E-state index in [0.29, 0.717) is 11.5 Å². The molecule has 1 fully saturated rings. The SMILES string of the molecule is CC1CCC(C(=O)Oc2ccc(OC(=O)c3ccccc3)c(Cl)c2F)CC1. The van der Waals surface area contributed by atoms with Crippen molar-refractivity contribution < 1.29 is 23.5 Å². The van der Waals surface area contributed by atoms with E-state index in [1.807, 2.05) is 0 Å². The van der Waals surface area contributed by atoms with Gasteiger partial charge in [-0.25, -0.2) is 9.18 Å². The van der Waals surface area contributed by atoms with Gasteiger partial charge >= 0.3 is 11.9 Å². The van der Waals surface area contributed by atoms with E-state index in [1.165, 1.54) is 12.1 Å². The molecule has 1 aliphatic rings. The van der Waals surface area contributed by atoms with E-state index in [4.69, 9.17) is 21.1 Å². The first-order valence-electron chi connectivity index (χ1n) is 8.92. The second-order valence-corrected chi connectivity index (χ2v) is 7.20. The maximum atomic E-state index is 14.5. The van der Waals surface area contributed by atoms with Crippen LogP contribution in [0.2, 0.25) is 5.02 Å². The fraction of sp³-hybridized carbons (Fsp3) is 0.333. The number of rotatable bonds is 4. The van der Waals surface area contributed by atoms with Crippen molar-refractivity contribution in [2.45, 2.75) is 32.6 Å². The molecule has 0 bridgehead atoms. The monoisotopic (exact) mass is 390 g/mol. The summed E-state index contributed by atoms with van der Waals surface area (Å²) in [5.41, 5.74) is 0.316. The molecule has 0 spiro atoms. The molecule has 0 atom stereocenters. The van der Waals surface area contributed by atoms with E-state index in [0.717, 1.165) is 25.7 Å². The van der Waals surface area contributed by atoms with Crippen molar-refractivity contribution in [1.29, 1.82) is 0 Å². The lowest BCUT2D eigenvalue weighted by atomic mass is 9.83. The van der Waals surface area contributed by atoms with Crippen LogP contribution in [0.25, 0.3) is 0 Å². The number of carbonyl (C=O) groups is 2. The number of ether oxygens (including phenoxy) is 2. The molecule has 27 heavy (non-hydrogen) atoms. The van der Waals surface area contributed by atoms with Gasteiger partial charge in [0, 0.05) is 0 Å². The maximum absolute atomic E-state index is 14.5. The van der Waals surface area contributed by atoms with Crippen molar-refractivity contribution in [2.75, 3.05) is 0 Å². The zero-order valence-corrected chi connectivity index (χ0v) is 15.7. The smallest absolute Gasteiger partial charge is 0.343 e. The predicted octanol–water partition coefficient (Wildman–Crippen LogP) is 5.43. The second kappa shape index (κ2) is 8.53. The van der Waals surface area contributed by atoms with Crippen LogP contribution >= 0.6 is 11.6 Å². The maximum Gasteiger partial charge on any atom is 0.343 e. The lowest BCUT2D eigenvalue weighted by Gasteiger charge is -2.24. The van der Waals surface area contributed by atoms with Crippen molar-refractivity contribution in [3.05, 3.63) is 58.9 Å². The third-order valence-electron chi connectivity index (χ3n) is 4.78. The minimum atomic E-state index is -0.924. The highest BCUT2D eigenvalue weighted by Crippen LogP contribution is 2.35. The van der Waals surface area contributed by atoms with Crippen LogP contribution in [0.15, 0.2) is 42.5 Å². The quantitative estimate of drug-likeness (QED) is 0.516. The van der Waals surface area contributed by atoms with Gasteiger partial charge < -0.3 is 9.47 Å². The van der Waals surface area contributed by atoms with Gasteiger partial charge in [-0.3, -0.25) is 4.79 Å². The highest BCUT2D eigenvalue weighted by molar-refractivity contribution is 6.32. The van der Waals surface area contributed by atoms with Crippen molar-refractivity contribution in [3.8, 4) is 11.5 Å². The van der Waals surface area contributed by atoms with Crippen LogP contribution in [-0.2, 0) is 4.79 Å². The summed E-state index contributed by atoms with van der Waals surface area (Å²) in [4.78, 5) is 24.4. The second-order valence-electron chi connectivity index (χ2n) is 6.82. The van der Waals surface area contributed by atoms with Gasteiger partial charge in [-0.15, -0.1) is 0 Å². The van der Waals surface area contributed by atoms with Crippen LogP contribution in [0.5, 0.6) is 11.5 Å². The van der Waals surface area contributed by atoms with Gasteiger partial charge in [-0.2, -0.15) is 0 Å². The number of hydrogen-bond acceptors (Lipinski definition) is 4. The molecule has 2 aromatic carbocycles. The summed E-state index contributed by atoms with van der Waals surface area (Å²) in [7, 11) is 0. The Labute approximate surface area is 162 Å². The van der Waals surface area contributed by atoms with Crippen molar-refractivity contribution >= 4 is 23.5 Å². The summed E-state index contributed by atoms with van der Waals surface area (Å²) in [6.07, 6.45) is 3.39. The van der Waals surface area contributed by atoms with Crippen LogP contribution in [0.3, 0.4) is 0 Å². The number of halogens is 2. The summed E-state index contributed by atoms with van der Waals surface area (Å²) in [5.74, 6) is -2.05. The van der Waals surface area contributed by atoms with Crippen LogP contribution in [-0.4, -0.2) is 11.9 Å². The molecule has 0 N–H and O–H groups in total. The van der Waals surface area contributed by atoms with Crippen LogP contribution in [0.1, 0.15) is 43.0 Å². The molecular weight excluding hydrogens is 371 g/mol. The first-order valence-corrected chi connectivity index (χ1v) is 9.30. The van der Waals surface area contributed by atoms with Crippen molar-refractivity contribution in [1.82, 2.24) is 0 Å². The van der Waals surface area contributed by atoms with Gasteiger partial charge in [0.2, 0.25) is 0 Å². The summed E-state index contributed by atoms with van der Waals surface area (Å²) >= 11 is 5.97. The lowest BCUT2D eigenvalue weighted by Crippen LogP contribution is -2.25. The number of carbonyl (C=O) groups excluding carboxylic acids is 2. The van der Waals surface area contributed by atoms with E-state index in [-0.39, 0.29) is 17.4 Å². The van der Waals surface area contributed by atoms with E-state index in [9.17, 15) is 14.0 Å². The van der Waals surface area contributed by atoms with Gasteiger partial charge in [0.1, 0.15) is 5.02 Å². The fourth-order valence-corrected chi connectivity index (χ4v) is 3.29. The lowest BCUT2D eigenvalue weighted by molar-refractivity contribution is -0.140. The Morgan fingerprint density at radius 2 is 1.59 bits per heavy atom. The van der Waals surface area contributed by atoms with Gasteiger partial charge in [0.15, 0.2) is 17.3 Å². The van der Waals surface area contributed by atoms with E-state index < -0.39 is 22.8 Å². The van der Waals surface area contributed by atoms with Crippen LogP contribution in [0.4, 0.5) is 4.39 Å². The van der Waals surface area contributed by atoms with Gasteiger partial charge in [-0.1, -0.05) is 36.7 Å². The van der Waals surface area contributed by atoms with E-state index >= 15 is 0 Å². The summed E-state index contributed by atoms with van der Waals surface area (Å²) in [6, 6.07) is 10.9. The zero-order chi connectivity index (χ0) is 19.4. The average Bonchev–Trinajstić information content (AvgIpc) is 2.68. The van der Waals surface area contributed by atoms with Gasteiger partial charge in [-0.05, 0) is 55.9 Å². The Balaban J connectivity index is 1.69. The molecule has 0 radical (unpaired) electrons. The van der Waals surface area contributed by atoms with Gasteiger partial charge in [0.05, 0.1) is 11.5 Å². The first-order chi connectivity index (χ1) is 13.0. The van der Waals surface area contributed by atoms with E-state index in [1.54, 1.807) is 30.3 Å². The predicted molar refractivity (Wildman–Crippen MR) is 99.6 cm³/mol. The molecule has 4 nitrogen and oxygen atoms in total. The Morgan fingerprint density at radius 1 is 0.963 bits per heavy atom. The molecule has 0 unspecified atom stereocenters. The van der Waals surface area contributed by atoms with Crippen LogP contribution in [0, 0.1) is 17.7 Å². The molecule has 6 heteroatoms. The molecule has 2 aromatic rings. The molecule has 1 saturated carbocycles. The Bertz CT molecular complexity index is 830. The molecule has 0 aliphatic heterocycles. The molecule has 0 heterocycles. The molecule has 3 rings (SSSR count). The fourth-order valence-electron chi connectivity index (χ4n) is 3.09.